The van der Waals surface area contributed by atoms with Crippen LogP contribution in [-0.4, -0.2) is 22.5 Å². The van der Waals surface area contributed by atoms with Crippen LogP contribution >= 0.6 is 22.6 Å². The predicted molar refractivity (Wildman–Crippen MR) is 93.6 cm³/mol. The van der Waals surface area contributed by atoms with Gasteiger partial charge in [-0.15, -0.1) is 0 Å². The van der Waals surface area contributed by atoms with Crippen LogP contribution in [0, 0.1) is 3.70 Å². The van der Waals surface area contributed by atoms with Crippen molar-refractivity contribution in [3.63, 3.8) is 0 Å². The van der Waals surface area contributed by atoms with Gasteiger partial charge in [-0.05, 0) is 53.8 Å². The van der Waals surface area contributed by atoms with Crippen molar-refractivity contribution in [2.75, 3.05) is 6.61 Å². The Morgan fingerprint density at radius 3 is 2.32 bits per heavy atom. The molecule has 0 unspecified atom stereocenters. The second-order valence-corrected chi connectivity index (χ2v) is 5.67. The van der Waals surface area contributed by atoms with Gasteiger partial charge in [-0.1, -0.05) is 24.3 Å². The summed E-state index contributed by atoms with van der Waals surface area (Å²) in [5.41, 5.74) is 4.01. The topological polar surface area (TPSA) is 52.1 Å². The van der Waals surface area contributed by atoms with Crippen molar-refractivity contribution in [1.82, 2.24) is 9.97 Å². The van der Waals surface area contributed by atoms with Crippen molar-refractivity contribution >= 4 is 39.6 Å². The molecule has 3 rings (SSSR count). The largest absolute Gasteiger partial charge is 0.462 e. The molecule has 1 heterocycles. The lowest BCUT2D eigenvalue weighted by Gasteiger charge is -2.07. The molecule has 0 aliphatic carbocycles. The lowest BCUT2D eigenvalue weighted by atomic mass is 10.1. The molecule has 0 saturated heterocycles. The van der Waals surface area contributed by atoms with E-state index in [1.807, 2.05) is 36.4 Å². The average Bonchev–Trinajstić information content (AvgIpc) is 2.54. The van der Waals surface area contributed by atoms with Crippen molar-refractivity contribution in [2.45, 2.75) is 6.92 Å². The van der Waals surface area contributed by atoms with Crippen molar-refractivity contribution in [3.05, 3.63) is 57.8 Å². The molecular weight excluding hydrogens is 391 g/mol. The van der Waals surface area contributed by atoms with Crippen LogP contribution in [0.15, 0.2) is 48.5 Å². The van der Waals surface area contributed by atoms with Gasteiger partial charge in [-0.3, -0.25) is 0 Å². The Labute approximate surface area is 141 Å². The third-order valence-electron chi connectivity index (χ3n) is 3.20. The van der Waals surface area contributed by atoms with Gasteiger partial charge in [0.15, 0.2) is 0 Å². The minimum atomic E-state index is -0.312. The molecule has 0 aliphatic rings. The number of para-hydroxylation sites is 2. The Morgan fingerprint density at radius 1 is 1.05 bits per heavy atom. The van der Waals surface area contributed by atoms with E-state index in [-0.39, 0.29) is 5.97 Å². The van der Waals surface area contributed by atoms with Crippen LogP contribution < -0.4 is 0 Å². The highest BCUT2D eigenvalue weighted by Crippen LogP contribution is 2.25. The maximum Gasteiger partial charge on any atom is 0.338 e. The third-order valence-corrected chi connectivity index (χ3v) is 3.95. The Bertz CT molecular complexity index is 832. The molecule has 2 aromatic carbocycles. The quantitative estimate of drug-likeness (QED) is 0.488. The Morgan fingerprint density at radius 2 is 1.68 bits per heavy atom. The summed E-state index contributed by atoms with van der Waals surface area (Å²) in [7, 11) is 0. The summed E-state index contributed by atoms with van der Waals surface area (Å²) in [5, 5.41) is 0. The SMILES string of the molecule is CCOC(=O)c1ccc(-c2nc3ccccc3nc2I)cc1. The number of carbonyl (C=O) groups is 1. The minimum Gasteiger partial charge on any atom is -0.462 e. The van der Waals surface area contributed by atoms with Gasteiger partial charge in [0.1, 0.15) is 9.39 Å². The summed E-state index contributed by atoms with van der Waals surface area (Å²) in [6.07, 6.45) is 0. The number of halogens is 1. The van der Waals surface area contributed by atoms with Gasteiger partial charge in [-0.2, -0.15) is 0 Å². The normalized spacial score (nSPS) is 10.6. The molecule has 0 aliphatic heterocycles. The van der Waals surface area contributed by atoms with Gasteiger partial charge in [0.25, 0.3) is 0 Å². The van der Waals surface area contributed by atoms with E-state index in [0.29, 0.717) is 12.2 Å². The van der Waals surface area contributed by atoms with E-state index < -0.39 is 0 Å². The Kier molecular flexibility index (Phi) is 4.33. The summed E-state index contributed by atoms with van der Waals surface area (Å²) >= 11 is 2.18. The van der Waals surface area contributed by atoms with Gasteiger partial charge in [0, 0.05) is 5.56 Å². The zero-order valence-electron chi connectivity index (χ0n) is 11.9. The molecule has 0 saturated carbocycles. The van der Waals surface area contributed by atoms with Crippen LogP contribution in [-0.2, 0) is 4.74 Å². The first-order chi connectivity index (χ1) is 10.7. The second kappa shape index (κ2) is 6.39. The maximum atomic E-state index is 11.7. The minimum absolute atomic E-state index is 0.312. The zero-order chi connectivity index (χ0) is 15.5. The van der Waals surface area contributed by atoms with Crippen LogP contribution in [0.2, 0.25) is 0 Å². The number of nitrogens with zero attached hydrogens (tertiary/aromatic N) is 2. The fourth-order valence-corrected chi connectivity index (χ4v) is 2.83. The van der Waals surface area contributed by atoms with Crippen LogP contribution in [0.4, 0.5) is 0 Å². The van der Waals surface area contributed by atoms with E-state index in [1.165, 1.54) is 0 Å². The highest BCUT2D eigenvalue weighted by atomic mass is 127. The molecule has 0 spiro atoms. The Hall–Kier alpha value is -2.02. The molecule has 0 bridgehead atoms. The predicted octanol–water partition coefficient (Wildman–Crippen LogP) is 4.08. The molecule has 0 atom stereocenters. The van der Waals surface area contributed by atoms with Crippen molar-refractivity contribution < 1.29 is 9.53 Å². The number of hydrogen-bond acceptors (Lipinski definition) is 4. The monoisotopic (exact) mass is 404 g/mol. The number of hydrogen-bond donors (Lipinski definition) is 0. The third kappa shape index (κ3) is 2.94. The standard InChI is InChI=1S/C17H13IN2O2/c1-2-22-17(21)12-9-7-11(8-10-12)15-16(18)20-14-6-4-3-5-13(14)19-15/h3-10H,2H2,1H3. The zero-order valence-corrected chi connectivity index (χ0v) is 14.1. The first kappa shape index (κ1) is 14.9. The maximum absolute atomic E-state index is 11.7. The molecule has 1 aromatic heterocycles. The smallest absolute Gasteiger partial charge is 0.338 e. The van der Waals surface area contributed by atoms with Gasteiger partial charge in [-0.25, -0.2) is 14.8 Å². The Balaban J connectivity index is 2.00. The molecule has 0 radical (unpaired) electrons. The number of rotatable bonds is 3. The summed E-state index contributed by atoms with van der Waals surface area (Å²) in [5.74, 6) is -0.312. The van der Waals surface area contributed by atoms with Gasteiger partial charge in [0.05, 0.1) is 23.2 Å². The number of aromatic nitrogens is 2. The van der Waals surface area contributed by atoms with Crippen LogP contribution in [0.5, 0.6) is 0 Å². The first-order valence-electron chi connectivity index (χ1n) is 6.89. The van der Waals surface area contributed by atoms with Gasteiger partial charge >= 0.3 is 5.97 Å². The van der Waals surface area contributed by atoms with Gasteiger partial charge in [0.2, 0.25) is 0 Å². The molecule has 5 heteroatoms. The molecule has 4 nitrogen and oxygen atoms in total. The number of fused-ring (bicyclic) bond motifs is 1. The van der Waals surface area contributed by atoms with E-state index in [9.17, 15) is 4.79 Å². The molecular formula is C17H13IN2O2. The average molecular weight is 404 g/mol. The summed E-state index contributed by atoms with van der Waals surface area (Å²) < 4.78 is 5.82. The lowest BCUT2D eigenvalue weighted by Crippen LogP contribution is -2.04. The highest BCUT2D eigenvalue weighted by molar-refractivity contribution is 14.1. The van der Waals surface area contributed by atoms with Crippen LogP contribution in [0.1, 0.15) is 17.3 Å². The number of carbonyl (C=O) groups excluding carboxylic acids is 1. The summed E-state index contributed by atoms with van der Waals surface area (Å²) in [6.45, 7) is 2.16. The molecule has 0 fully saturated rings. The van der Waals surface area contributed by atoms with Crippen molar-refractivity contribution in [2.24, 2.45) is 0 Å². The van der Waals surface area contributed by atoms with Crippen LogP contribution in [0.25, 0.3) is 22.3 Å². The van der Waals surface area contributed by atoms with E-state index in [0.717, 1.165) is 26.0 Å². The van der Waals surface area contributed by atoms with E-state index in [2.05, 4.69) is 32.6 Å². The number of esters is 1. The summed E-state index contributed by atoms with van der Waals surface area (Å²) in [4.78, 5) is 20.9. The van der Waals surface area contributed by atoms with Crippen molar-refractivity contribution in [1.29, 1.82) is 0 Å². The first-order valence-corrected chi connectivity index (χ1v) is 7.96. The van der Waals surface area contributed by atoms with E-state index >= 15 is 0 Å². The lowest BCUT2D eigenvalue weighted by molar-refractivity contribution is 0.0526. The number of ether oxygens (including phenoxy) is 1. The summed E-state index contributed by atoms with van der Waals surface area (Å²) in [6, 6.07) is 15.0. The van der Waals surface area contributed by atoms with Gasteiger partial charge < -0.3 is 4.74 Å². The molecule has 0 amide bonds. The molecule has 22 heavy (non-hydrogen) atoms. The molecule has 3 aromatic rings. The highest BCUT2D eigenvalue weighted by Gasteiger charge is 2.11. The fourth-order valence-electron chi connectivity index (χ4n) is 2.14. The van der Waals surface area contributed by atoms with Crippen molar-refractivity contribution in [3.8, 4) is 11.3 Å². The molecule has 110 valence electrons. The molecule has 0 N–H and O–H groups in total. The van der Waals surface area contributed by atoms with E-state index in [4.69, 9.17) is 4.74 Å². The fraction of sp³-hybridized carbons (Fsp3) is 0.118. The number of benzene rings is 2. The second-order valence-electron chi connectivity index (χ2n) is 4.65. The van der Waals surface area contributed by atoms with Crippen LogP contribution in [0.3, 0.4) is 0 Å². The van der Waals surface area contributed by atoms with E-state index in [1.54, 1.807) is 19.1 Å².